The zero-order chi connectivity index (χ0) is 12.6. The van der Waals surface area contributed by atoms with E-state index in [1.54, 1.807) is 0 Å². The molecule has 0 aliphatic carbocycles. The summed E-state index contributed by atoms with van der Waals surface area (Å²) in [5, 5.41) is 9.39. The molecule has 0 saturated heterocycles. The molecule has 0 amide bonds. The van der Waals surface area contributed by atoms with Crippen LogP contribution in [0.15, 0.2) is 24.5 Å². The molecule has 0 spiro atoms. The molecule has 17 heavy (non-hydrogen) atoms. The lowest BCUT2D eigenvalue weighted by Gasteiger charge is -2.22. The monoisotopic (exact) mass is 232 g/mol. The summed E-state index contributed by atoms with van der Waals surface area (Å²) in [6, 6.07) is 6.66. The van der Waals surface area contributed by atoms with Crippen LogP contribution in [0.4, 0.5) is 0 Å². The zero-order valence-electron chi connectivity index (χ0n) is 10.9. The minimum absolute atomic E-state index is 0.142. The van der Waals surface area contributed by atoms with Gasteiger partial charge in [0.05, 0.1) is 24.0 Å². The van der Waals surface area contributed by atoms with Gasteiger partial charge in [-0.2, -0.15) is 0 Å². The Morgan fingerprint density at radius 1 is 1.35 bits per heavy atom. The van der Waals surface area contributed by atoms with Gasteiger partial charge in [0.25, 0.3) is 0 Å². The van der Waals surface area contributed by atoms with Gasteiger partial charge in [-0.1, -0.05) is 19.9 Å². The molecule has 1 aromatic carbocycles. The highest BCUT2D eigenvalue weighted by atomic mass is 16.3. The molecule has 2 aromatic rings. The van der Waals surface area contributed by atoms with Crippen molar-refractivity contribution in [3.63, 3.8) is 0 Å². The highest BCUT2D eigenvalue weighted by Gasteiger charge is 2.20. The van der Waals surface area contributed by atoms with Crippen molar-refractivity contribution < 1.29 is 5.11 Å². The van der Waals surface area contributed by atoms with Crippen molar-refractivity contribution in [1.82, 2.24) is 9.55 Å². The number of imidazole rings is 1. The van der Waals surface area contributed by atoms with Crippen molar-refractivity contribution in [2.45, 2.75) is 39.2 Å². The molecule has 0 aliphatic heterocycles. The van der Waals surface area contributed by atoms with Crippen LogP contribution >= 0.6 is 0 Å². The predicted octanol–water partition coefficient (Wildman–Crippen LogP) is 2.89. The fourth-order valence-electron chi connectivity index (χ4n) is 1.96. The molecule has 2 rings (SSSR count). The van der Waals surface area contributed by atoms with E-state index in [0.717, 1.165) is 16.6 Å². The van der Waals surface area contributed by atoms with E-state index in [9.17, 15) is 5.11 Å². The van der Waals surface area contributed by atoms with E-state index in [-0.39, 0.29) is 12.0 Å². The first-order chi connectivity index (χ1) is 7.95. The lowest BCUT2D eigenvalue weighted by Crippen LogP contribution is -2.21. The van der Waals surface area contributed by atoms with Crippen LogP contribution in [0, 0.1) is 0 Å². The molecule has 0 atom stereocenters. The Morgan fingerprint density at radius 2 is 2.06 bits per heavy atom. The number of rotatable bonds is 3. The molecule has 0 fully saturated rings. The lowest BCUT2D eigenvalue weighted by molar-refractivity contribution is 0.218. The van der Waals surface area contributed by atoms with Gasteiger partial charge in [-0.25, -0.2) is 4.98 Å². The van der Waals surface area contributed by atoms with Crippen molar-refractivity contribution in [2.24, 2.45) is 0 Å². The maximum Gasteiger partial charge on any atom is 0.0960 e. The van der Waals surface area contributed by atoms with Gasteiger partial charge >= 0.3 is 0 Å². The summed E-state index contributed by atoms with van der Waals surface area (Å²) >= 11 is 0. The summed E-state index contributed by atoms with van der Waals surface area (Å²) < 4.78 is 2.16. The van der Waals surface area contributed by atoms with Crippen molar-refractivity contribution in [1.29, 1.82) is 0 Å². The number of hydrogen-bond donors (Lipinski definition) is 1. The standard InChI is InChI=1S/C14H20N2O/c1-10(2)16-9-15-12-7-11(5-6-13(12)16)14(3,4)8-17/h5-7,9-10,17H,8H2,1-4H3. The number of fused-ring (bicyclic) bond motifs is 1. The Bertz CT molecular complexity index is 526. The lowest BCUT2D eigenvalue weighted by atomic mass is 9.85. The third-order valence-corrected chi connectivity index (χ3v) is 3.31. The molecule has 0 radical (unpaired) electrons. The van der Waals surface area contributed by atoms with Crippen LogP contribution in [0.2, 0.25) is 0 Å². The Hall–Kier alpha value is -1.35. The number of nitrogens with zero attached hydrogens (tertiary/aromatic N) is 2. The van der Waals surface area contributed by atoms with Crippen LogP contribution in [-0.2, 0) is 5.41 Å². The fourth-order valence-corrected chi connectivity index (χ4v) is 1.96. The Kier molecular flexibility index (Phi) is 2.96. The quantitative estimate of drug-likeness (QED) is 0.883. The first-order valence-corrected chi connectivity index (χ1v) is 6.03. The van der Waals surface area contributed by atoms with E-state index in [1.165, 1.54) is 0 Å². The van der Waals surface area contributed by atoms with E-state index in [0.29, 0.717) is 6.04 Å². The minimum Gasteiger partial charge on any atom is -0.395 e. The molecule has 0 unspecified atom stereocenters. The van der Waals surface area contributed by atoms with Crippen LogP contribution < -0.4 is 0 Å². The molecule has 3 heteroatoms. The molecule has 3 nitrogen and oxygen atoms in total. The second kappa shape index (κ2) is 4.15. The molecule has 1 N–H and O–H groups in total. The minimum atomic E-state index is -0.212. The van der Waals surface area contributed by atoms with Crippen molar-refractivity contribution in [3.05, 3.63) is 30.1 Å². The average Bonchev–Trinajstić information content (AvgIpc) is 2.71. The van der Waals surface area contributed by atoms with Crippen molar-refractivity contribution in [3.8, 4) is 0 Å². The van der Waals surface area contributed by atoms with Gasteiger partial charge in [0.15, 0.2) is 0 Å². The predicted molar refractivity (Wildman–Crippen MR) is 70.2 cm³/mol. The molecule has 1 heterocycles. The van der Waals surface area contributed by atoms with E-state index in [1.807, 2.05) is 20.2 Å². The van der Waals surface area contributed by atoms with Crippen LogP contribution in [-0.4, -0.2) is 21.3 Å². The summed E-state index contributed by atoms with van der Waals surface area (Å²) in [6.45, 7) is 8.50. The molecule has 0 aliphatic rings. The number of aromatic nitrogens is 2. The molecule has 1 aromatic heterocycles. The van der Waals surface area contributed by atoms with E-state index in [4.69, 9.17) is 0 Å². The summed E-state index contributed by atoms with van der Waals surface area (Å²) in [6.07, 6.45) is 1.88. The smallest absolute Gasteiger partial charge is 0.0960 e. The van der Waals surface area contributed by atoms with Crippen molar-refractivity contribution in [2.75, 3.05) is 6.61 Å². The first kappa shape index (κ1) is 12.1. The van der Waals surface area contributed by atoms with E-state index < -0.39 is 0 Å². The highest BCUT2D eigenvalue weighted by molar-refractivity contribution is 5.76. The Morgan fingerprint density at radius 3 is 2.65 bits per heavy atom. The highest BCUT2D eigenvalue weighted by Crippen LogP contribution is 2.26. The van der Waals surface area contributed by atoms with Gasteiger partial charge in [-0.3, -0.25) is 0 Å². The van der Waals surface area contributed by atoms with Gasteiger partial charge < -0.3 is 9.67 Å². The fraction of sp³-hybridized carbons (Fsp3) is 0.500. The maximum atomic E-state index is 9.39. The maximum absolute atomic E-state index is 9.39. The topological polar surface area (TPSA) is 38.0 Å². The molecule has 0 bridgehead atoms. The largest absolute Gasteiger partial charge is 0.395 e. The van der Waals surface area contributed by atoms with Crippen LogP contribution in [0.1, 0.15) is 39.3 Å². The number of aliphatic hydroxyl groups is 1. The number of aliphatic hydroxyl groups excluding tert-OH is 1. The SMILES string of the molecule is CC(C)n1cnc2cc(C(C)(C)CO)ccc21. The molecule has 92 valence electrons. The average molecular weight is 232 g/mol. The summed E-state index contributed by atoms with van der Waals surface area (Å²) in [5.74, 6) is 0. The van der Waals surface area contributed by atoms with Crippen LogP contribution in [0.25, 0.3) is 11.0 Å². The third-order valence-electron chi connectivity index (χ3n) is 3.31. The van der Waals surface area contributed by atoms with Gasteiger partial charge in [0.2, 0.25) is 0 Å². The van der Waals surface area contributed by atoms with Crippen LogP contribution in [0.3, 0.4) is 0 Å². The Balaban J connectivity index is 2.53. The summed E-state index contributed by atoms with van der Waals surface area (Å²) in [7, 11) is 0. The van der Waals surface area contributed by atoms with Gasteiger partial charge in [-0.15, -0.1) is 0 Å². The molecular weight excluding hydrogens is 212 g/mol. The van der Waals surface area contributed by atoms with Crippen LogP contribution in [0.5, 0.6) is 0 Å². The Labute approximate surface area is 102 Å². The second-order valence-corrected chi connectivity index (χ2v) is 5.49. The number of benzene rings is 1. The van der Waals surface area contributed by atoms with E-state index in [2.05, 4.69) is 41.6 Å². The normalized spacial score (nSPS) is 12.6. The first-order valence-electron chi connectivity index (χ1n) is 6.03. The molecular formula is C14H20N2O. The molecule has 0 saturated carbocycles. The van der Waals surface area contributed by atoms with Gasteiger partial charge in [0.1, 0.15) is 0 Å². The summed E-state index contributed by atoms with van der Waals surface area (Å²) in [4.78, 5) is 4.43. The van der Waals surface area contributed by atoms with Gasteiger partial charge in [-0.05, 0) is 31.5 Å². The van der Waals surface area contributed by atoms with E-state index >= 15 is 0 Å². The number of hydrogen-bond acceptors (Lipinski definition) is 2. The summed E-state index contributed by atoms with van der Waals surface area (Å²) in [5.41, 5.74) is 3.06. The van der Waals surface area contributed by atoms with Crippen molar-refractivity contribution >= 4 is 11.0 Å². The zero-order valence-corrected chi connectivity index (χ0v) is 10.9. The third kappa shape index (κ3) is 2.07. The second-order valence-electron chi connectivity index (χ2n) is 5.49. The van der Waals surface area contributed by atoms with Gasteiger partial charge in [0, 0.05) is 11.5 Å².